The largest absolute Gasteiger partial charge is 0.496 e. The van der Waals surface area contributed by atoms with Gasteiger partial charge >= 0.3 is 0 Å². The van der Waals surface area contributed by atoms with Crippen LogP contribution in [0.15, 0.2) is 72.9 Å². The molecule has 1 N–H and O–H groups in total. The van der Waals surface area contributed by atoms with Crippen LogP contribution in [0.3, 0.4) is 0 Å². The SMILES string of the molecule is COc1cc(-c2ccc(N(C)C)nc2)ccc1-c1nc2ccc(OCCOCCOc3ccc4c(c3)CN(C3CCC(=O)NC3=O)C4=O)cc2s1. The topological polar surface area (TPSA) is 132 Å². The number of rotatable bonds is 13. The minimum atomic E-state index is -0.646. The second-order valence-corrected chi connectivity index (χ2v) is 13.4. The van der Waals surface area contributed by atoms with Crippen molar-refractivity contribution in [3.05, 3.63) is 84.1 Å². The summed E-state index contributed by atoms with van der Waals surface area (Å²) in [5.74, 6) is 2.03. The predicted octanol–water partition coefficient (Wildman–Crippen LogP) is 5.34. The van der Waals surface area contributed by atoms with E-state index in [0.29, 0.717) is 50.7 Å². The molecule has 0 saturated carbocycles. The van der Waals surface area contributed by atoms with Crippen molar-refractivity contribution < 1.29 is 33.3 Å². The monoisotopic (exact) mass is 707 g/mol. The molecule has 1 saturated heterocycles. The number of hydrogen-bond acceptors (Lipinski definition) is 11. The predicted molar refractivity (Wildman–Crippen MR) is 193 cm³/mol. The highest BCUT2D eigenvalue weighted by atomic mass is 32.1. The highest BCUT2D eigenvalue weighted by molar-refractivity contribution is 7.21. The zero-order valence-corrected chi connectivity index (χ0v) is 29.3. The number of thiazole rings is 1. The lowest BCUT2D eigenvalue weighted by Gasteiger charge is -2.29. The lowest BCUT2D eigenvalue weighted by atomic mass is 10.0. The molecule has 0 spiro atoms. The zero-order chi connectivity index (χ0) is 35.5. The van der Waals surface area contributed by atoms with Gasteiger partial charge in [0, 0.05) is 44.4 Å². The lowest BCUT2D eigenvalue weighted by molar-refractivity contribution is -0.136. The number of carbonyl (C=O) groups excluding carboxylic acids is 3. The molecule has 1 atom stereocenters. The number of hydrogen-bond donors (Lipinski definition) is 1. The molecule has 3 amide bonds. The fraction of sp³-hybridized carbons (Fsp3) is 0.289. The summed E-state index contributed by atoms with van der Waals surface area (Å²) in [5, 5.41) is 3.18. The van der Waals surface area contributed by atoms with Crippen LogP contribution >= 0.6 is 11.3 Å². The smallest absolute Gasteiger partial charge is 0.255 e. The number of fused-ring (bicyclic) bond motifs is 2. The molecule has 0 radical (unpaired) electrons. The van der Waals surface area contributed by atoms with E-state index in [1.54, 1.807) is 30.6 Å². The number of carbonyl (C=O) groups is 3. The molecule has 12 nitrogen and oxygen atoms in total. The Morgan fingerprint density at radius 1 is 0.882 bits per heavy atom. The number of piperidine rings is 1. The number of methoxy groups -OCH3 is 1. The minimum Gasteiger partial charge on any atom is -0.496 e. The summed E-state index contributed by atoms with van der Waals surface area (Å²) >= 11 is 1.58. The molecule has 5 aromatic rings. The van der Waals surface area contributed by atoms with Crippen LogP contribution in [0, 0.1) is 0 Å². The van der Waals surface area contributed by atoms with E-state index in [9.17, 15) is 14.4 Å². The third-order valence-electron chi connectivity index (χ3n) is 8.82. The molecule has 13 heteroatoms. The molecule has 2 aliphatic heterocycles. The third-order valence-corrected chi connectivity index (χ3v) is 9.87. The van der Waals surface area contributed by atoms with E-state index in [4.69, 9.17) is 23.9 Å². The Kier molecular flexibility index (Phi) is 9.82. The van der Waals surface area contributed by atoms with Crippen LogP contribution in [0.5, 0.6) is 17.2 Å². The summed E-state index contributed by atoms with van der Waals surface area (Å²) in [7, 11) is 5.60. The van der Waals surface area contributed by atoms with Crippen LogP contribution < -0.4 is 24.4 Å². The van der Waals surface area contributed by atoms with Crippen molar-refractivity contribution in [2.24, 2.45) is 0 Å². The Morgan fingerprint density at radius 2 is 1.63 bits per heavy atom. The van der Waals surface area contributed by atoms with E-state index < -0.39 is 11.9 Å². The molecule has 2 aliphatic rings. The average molecular weight is 708 g/mol. The molecule has 0 aliphatic carbocycles. The summed E-state index contributed by atoms with van der Waals surface area (Å²) in [6.45, 7) is 1.73. The van der Waals surface area contributed by atoms with Gasteiger partial charge in [0.15, 0.2) is 0 Å². The van der Waals surface area contributed by atoms with Gasteiger partial charge in [-0.15, -0.1) is 11.3 Å². The molecule has 1 fully saturated rings. The second-order valence-electron chi connectivity index (χ2n) is 12.4. The van der Waals surface area contributed by atoms with E-state index >= 15 is 0 Å². The Hall–Kier alpha value is -5.53. The molecule has 0 bridgehead atoms. The van der Waals surface area contributed by atoms with Crippen LogP contribution in [-0.4, -0.2) is 86.3 Å². The van der Waals surface area contributed by atoms with E-state index in [0.717, 1.165) is 54.8 Å². The van der Waals surface area contributed by atoms with Gasteiger partial charge in [-0.1, -0.05) is 6.07 Å². The van der Waals surface area contributed by atoms with Gasteiger partial charge in [0.05, 0.1) is 36.1 Å². The van der Waals surface area contributed by atoms with Crippen LogP contribution in [0.25, 0.3) is 31.9 Å². The maximum atomic E-state index is 12.9. The normalized spacial score (nSPS) is 15.5. The number of ether oxygens (including phenoxy) is 4. The van der Waals surface area contributed by atoms with Crippen molar-refractivity contribution in [3.63, 3.8) is 0 Å². The number of anilines is 1. The number of benzene rings is 3. The van der Waals surface area contributed by atoms with Crippen LogP contribution in [0.2, 0.25) is 0 Å². The molecule has 4 heterocycles. The van der Waals surface area contributed by atoms with Crippen molar-refractivity contribution in [2.45, 2.75) is 25.4 Å². The van der Waals surface area contributed by atoms with Crippen molar-refractivity contribution in [3.8, 4) is 38.9 Å². The summed E-state index contributed by atoms with van der Waals surface area (Å²) in [6, 6.07) is 20.6. The summed E-state index contributed by atoms with van der Waals surface area (Å²) in [4.78, 5) is 49.6. The van der Waals surface area contributed by atoms with Gasteiger partial charge in [0.1, 0.15) is 47.3 Å². The number of nitrogens with zero attached hydrogens (tertiary/aromatic N) is 4. The van der Waals surface area contributed by atoms with Gasteiger partial charge < -0.3 is 28.7 Å². The summed E-state index contributed by atoms with van der Waals surface area (Å²) in [6.07, 6.45) is 2.41. The van der Waals surface area contributed by atoms with E-state index in [-0.39, 0.29) is 18.2 Å². The fourth-order valence-electron chi connectivity index (χ4n) is 6.16. The molecule has 51 heavy (non-hydrogen) atoms. The Bertz CT molecular complexity index is 2100. The van der Waals surface area contributed by atoms with Crippen LogP contribution in [0.4, 0.5) is 5.82 Å². The van der Waals surface area contributed by atoms with Crippen molar-refractivity contribution >= 4 is 45.1 Å². The Morgan fingerprint density at radius 3 is 2.35 bits per heavy atom. The Labute approximate surface area is 298 Å². The quantitative estimate of drug-likeness (QED) is 0.126. The lowest BCUT2D eigenvalue weighted by Crippen LogP contribution is -2.52. The van der Waals surface area contributed by atoms with E-state index in [1.807, 2.05) is 67.7 Å². The zero-order valence-electron chi connectivity index (χ0n) is 28.5. The first-order valence-corrected chi connectivity index (χ1v) is 17.4. The number of imide groups is 1. The molecule has 3 aromatic carbocycles. The summed E-state index contributed by atoms with van der Waals surface area (Å²) < 4.78 is 24.3. The number of amides is 3. The van der Waals surface area contributed by atoms with Crippen LogP contribution in [-0.2, 0) is 20.9 Å². The highest BCUT2D eigenvalue weighted by Crippen LogP contribution is 2.39. The molecular weight excluding hydrogens is 671 g/mol. The van der Waals surface area contributed by atoms with Crippen molar-refractivity contribution in [1.29, 1.82) is 0 Å². The minimum absolute atomic E-state index is 0.212. The maximum Gasteiger partial charge on any atom is 0.255 e. The second kappa shape index (κ2) is 14.8. The first-order valence-electron chi connectivity index (χ1n) is 16.6. The molecule has 1 unspecified atom stereocenters. The van der Waals surface area contributed by atoms with Crippen molar-refractivity contribution in [1.82, 2.24) is 20.2 Å². The number of aromatic nitrogens is 2. The van der Waals surface area contributed by atoms with Gasteiger partial charge in [-0.25, -0.2) is 9.97 Å². The van der Waals surface area contributed by atoms with Gasteiger partial charge in [-0.05, 0) is 78.2 Å². The number of pyridine rings is 1. The average Bonchev–Trinajstić information content (AvgIpc) is 3.71. The van der Waals surface area contributed by atoms with Crippen LogP contribution in [0.1, 0.15) is 28.8 Å². The van der Waals surface area contributed by atoms with E-state index in [2.05, 4.69) is 22.4 Å². The first kappa shape index (κ1) is 33.9. The van der Waals surface area contributed by atoms with Gasteiger partial charge in [-0.2, -0.15) is 0 Å². The molecular formula is C38H37N5O7S. The van der Waals surface area contributed by atoms with Gasteiger partial charge in [0.2, 0.25) is 11.8 Å². The highest BCUT2D eigenvalue weighted by Gasteiger charge is 2.39. The Balaban J connectivity index is 0.879. The first-order chi connectivity index (χ1) is 24.8. The van der Waals surface area contributed by atoms with Crippen molar-refractivity contribution in [2.75, 3.05) is 52.5 Å². The number of nitrogens with one attached hydrogen (secondary N) is 1. The fourth-order valence-corrected chi connectivity index (χ4v) is 7.18. The van der Waals surface area contributed by atoms with E-state index in [1.165, 1.54) is 4.90 Å². The molecule has 2 aromatic heterocycles. The summed E-state index contributed by atoms with van der Waals surface area (Å²) in [5.41, 5.74) is 5.15. The van der Waals surface area contributed by atoms with Gasteiger partial charge in [-0.3, -0.25) is 19.7 Å². The molecule has 7 rings (SSSR count). The molecule has 262 valence electrons. The van der Waals surface area contributed by atoms with Gasteiger partial charge in [0.25, 0.3) is 5.91 Å². The standard InChI is InChI=1S/C38H37N5O7S/c1-42(2)34-12-5-24(21-39-34)23-4-8-29(32(19-23)47-3)37-40-30-10-7-27(20-33(30)51-37)50-17-15-48-14-16-49-26-6-9-28-25(18-26)22-43(38(28)46)31-11-13-35(44)41-36(31)45/h4-10,12,18-21,31H,11,13-17,22H2,1-3H3,(H,41,44,45). The third kappa shape index (κ3) is 7.35. The maximum absolute atomic E-state index is 12.9.